The van der Waals surface area contributed by atoms with Crippen LogP contribution >= 0.6 is 23.2 Å². The van der Waals surface area contributed by atoms with E-state index in [9.17, 15) is 0 Å². The van der Waals surface area contributed by atoms with Crippen LogP contribution < -0.4 is 4.74 Å². The molecule has 0 aromatic heterocycles. The minimum absolute atomic E-state index is 0.102. The van der Waals surface area contributed by atoms with Gasteiger partial charge < -0.3 is 4.74 Å². The Morgan fingerprint density at radius 3 is 2.67 bits per heavy atom. The van der Waals surface area contributed by atoms with Gasteiger partial charge in [-0.2, -0.15) is 0 Å². The van der Waals surface area contributed by atoms with Gasteiger partial charge in [-0.05, 0) is 41.5 Å². The molecule has 0 spiro atoms. The monoisotopic (exact) mass is 284 g/mol. The van der Waals surface area contributed by atoms with Crippen molar-refractivity contribution in [1.29, 1.82) is 0 Å². The first-order valence-electron chi connectivity index (χ1n) is 6.10. The van der Waals surface area contributed by atoms with Gasteiger partial charge in [0.25, 0.3) is 0 Å². The van der Waals surface area contributed by atoms with E-state index in [0.29, 0.717) is 10.8 Å². The van der Waals surface area contributed by atoms with E-state index in [-0.39, 0.29) is 10.8 Å². The van der Waals surface area contributed by atoms with Gasteiger partial charge in [0, 0.05) is 0 Å². The molecule has 0 saturated heterocycles. The van der Waals surface area contributed by atoms with Crippen LogP contribution in [-0.2, 0) is 0 Å². The highest BCUT2D eigenvalue weighted by atomic mass is 35.5. The maximum Gasteiger partial charge on any atom is 0.138 e. The van der Waals surface area contributed by atoms with Crippen molar-refractivity contribution in [2.45, 2.75) is 32.1 Å². The van der Waals surface area contributed by atoms with Crippen LogP contribution in [0.25, 0.3) is 5.57 Å². The van der Waals surface area contributed by atoms with Crippen molar-refractivity contribution in [2.75, 3.05) is 7.11 Å². The number of methoxy groups -OCH3 is 1. The number of halogens is 2. The highest BCUT2D eigenvalue weighted by Gasteiger charge is 2.28. The molecule has 1 unspecified atom stereocenters. The van der Waals surface area contributed by atoms with E-state index in [1.165, 1.54) is 5.57 Å². The molecule has 1 aromatic carbocycles. The van der Waals surface area contributed by atoms with Crippen LogP contribution in [0, 0.1) is 5.41 Å². The summed E-state index contributed by atoms with van der Waals surface area (Å²) in [5.41, 5.74) is 2.67. The topological polar surface area (TPSA) is 9.23 Å². The van der Waals surface area contributed by atoms with Crippen LogP contribution in [0.15, 0.2) is 24.3 Å². The fourth-order valence-electron chi connectivity index (χ4n) is 2.51. The van der Waals surface area contributed by atoms with Gasteiger partial charge in [-0.25, -0.2) is 0 Å². The molecule has 1 nitrogen and oxygen atoms in total. The summed E-state index contributed by atoms with van der Waals surface area (Å²) in [6, 6.07) is 5.89. The SMILES string of the molecule is COc1cc(C2=CC(Cl)CC(C)(C)C2)ccc1Cl. The standard InChI is InChI=1S/C15H18Cl2O/c1-15(2)8-11(6-12(16)9-15)10-4-5-13(17)14(7-10)18-3/h4-7,12H,8-9H2,1-3H3. The summed E-state index contributed by atoms with van der Waals surface area (Å²) in [5.74, 6) is 0.713. The zero-order valence-corrected chi connectivity index (χ0v) is 12.5. The zero-order chi connectivity index (χ0) is 13.3. The maximum absolute atomic E-state index is 6.32. The highest BCUT2D eigenvalue weighted by molar-refractivity contribution is 6.32. The van der Waals surface area contributed by atoms with Gasteiger partial charge in [0.1, 0.15) is 5.75 Å². The lowest BCUT2D eigenvalue weighted by Crippen LogP contribution is -2.21. The molecule has 1 atom stereocenters. The number of ether oxygens (including phenoxy) is 1. The lowest BCUT2D eigenvalue weighted by molar-refractivity contribution is 0.340. The molecule has 18 heavy (non-hydrogen) atoms. The summed E-state index contributed by atoms with van der Waals surface area (Å²) in [6.07, 6.45) is 4.19. The average Bonchev–Trinajstić information content (AvgIpc) is 2.27. The molecule has 0 fully saturated rings. The van der Waals surface area contributed by atoms with Crippen LogP contribution in [-0.4, -0.2) is 12.5 Å². The predicted octanol–water partition coefficient (Wildman–Crippen LogP) is 5.16. The lowest BCUT2D eigenvalue weighted by Gasteiger charge is -2.32. The van der Waals surface area contributed by atoms with E-state index >= 15 is 0 Å². The summed E-state index contributed by atoms with van der Waals surface area (Å²) >= 11 is 12.4. The minimum Gasteiger partial charge on any atom is -0.495 e. The second kappa shape index (κ2) is 5.14. The third-order valence-corrected chi connectivity index (χ3v) is 3.91. The second-order valence-electron chi connectivity index (χ2n) is 5.60. The second-order valence-corrected chi connectivity index (χ2v) is 6.57. The van der Waals surface area contributed by atoms with E-state index in [0.717, 1.165) is 18.4 Å². The van der Waals surface area contributed by atoms with Crippen LogP contribution in [0.2, 0.25) is 5.02 Å². The summed E-state index contributed by atoms with van der Waals surface area (Å²) in [6.45, 7) is 4.51. The fourth-order valence-corrected chi connectivity index (χ4v) is 3.27. The first-order chi connectivity index (χ1) is 8.41. The van der Waals surface area contributed by atoms with Crippen LogP contribution in [0.3, 0.4) is 0 Å². The third-order valence-electron chi connectivity index (χ3n) is 3.32. The normalized spacial score (nSPS) is 22.5. The molecule has 0 heterocycles. The first kappa shape index (κ1) is 13.8. The number of benzene rings is 1. The number of hydrogen-bond acceptors (Lipinski definition) is 1. The van der Waals surface area contributed by atoms with Crippen LogP contribution in [0.1, 0.15) is 32.3 Å². The van der Waals surface area contributed by atoms with Gasteiger partial charge >= 0.3 is 0 Å². The molecule has 98 valence electrons. The van der Waals surface area contributed by atoms with Gasteiger partial charge in [-0.1, -0.05) is 37.6 Å². The Balaban J connectivity index is 2.37. The van der Waals surface area contributed by atoms with E-state index < -0.39 is 0 Å². The molecular weight excluding hydrogens is 267 g/mol. The molecule has 0 aliphatic heterocycles. The van der Waals surface area contributed by atoms with Gasteiger partial charge in [0.05, 0.1) is 17.5 Å². The van der Waals surface area contributed by atoms with Gasteiger partial charge in [-0.15, -0.1) is 11.6 Å². The van der Waals surface area contributed by atoms with Crippen molar-refractivity contribution in [3.05, 3.63) is 34.9 Å². The molecule has 0 radical (unpaired) electrons. The first-order valence-corrected chi connectivity index (χ1v) is 6.91. The van der Waals surface area contributed by atoms with E-state index in [4.69, 9.17) is 27.9 Å². The van der Waals surface area contributed by atoms with Crippen molar-refractivity contribution in [3.8, 4) is 5.75 Å². The number of hydrogen-bond donors (Lipinski definition) is 0. The van der Waals surface area contributed by atoms with Crippen molar-refractivity contribution in [3.63, 3.8) is 0 Å². The van der Waals surface area contributed by atoms with Crippen LogP contribution in [0.4, 0.5) is 0 Å². The lowest BCUT2D eigenvalue weighted by atomic mass is 9.75. The summed E-state index contributed by atoms with van der Waals surface area (Å²) in [7, 11) is 1.63. The Morgan fingerprint density at radius 2 is 2.06 bits per heavy atom. The van der Waals surface area contributed by atoms with Crippen molar-refractivity contribution in [1.82, 2.24) is 0 Å². The van der Waals surface area contributed by atoms with E-state index in [2.05, 4.69) is 19.9 Å². The van der Waals surface area contributed by atoms with Crippen molar-refractivity contribution in [2.24, 2.45) is 5.41 Å². The molecule has 1 aliphatic rings. The van der Waals surface area contributed by atoms with Gasteiger partial charge in [0.15, 0.2) is 0 Å². The van der Waals surface area contributed by atoms with Crippen molar-refractivity contribution < 1.29 is 4.74 Å². The molecule has 1 aliphatic carbocycles. The molecule has 0 N–H and O–H groups in total. The molecule has 3 heteroatoms. The highest BCUT2D eigenvalue weighted by Crippen LogP contribution is 2.42. The van der Waals surface area contributed by atoms with Gasteiger partial charge in [-0.3, -0.25) is 0 Å². The Hall–Kier alpha value is -0.660. The molecule has 1 aromatic rings. The van der Waals surface area contributed by atoms with E-state index in [1.54, 1.807) is 7.11 Å². The number of allylic oxidation sites excluding steroid dienone is 2. The summed E-state index contributed by atoms with van der Waals surface area (Å²) in [4.78, 5) is 0. The Labute approximate surface area is 119 Å². The van der Waals surface area contributed by atoms with E-state index in [1.807, 2.05) is 18.2 Å². The summed E-state index contributed by atoms with van der Waals surface area (Å²) in [5, 5.41) is 0.741. The zero-order valence-electron chi connectivity index (χ0n) is 11.0. The Morgan fingerprint density at radius 1 is 1.33 bits per heavy atom. The molecule has 0 bridgehead atoms. The maximum atomic E-state index is 6.32. The quantitative estimate of drug-likeness (QED) is 0.682. The molecule has 0 amide bonds. The predicted molar refractivity (Wildman–Crippen MR) is 78.6 cm³/mol. The van der Waals surface area contributed by atoms with Crippen LogP contribution in [0.5, 0.6) is 5.75 Å². The Kier molecular flexibility index (Phi) is 3.93. The minimum atomic E-state index is 0.102. The smallest absolute Gasteiger partial charge is 0.138 e. The molecule has 2 rings (SSSR count). The number of rotatable bonds is 2. The molecular formula is C15H18Cl2O. The Bertz CT molecular complexity index is 477. The molecule has 0 saturated carbocycles. The number of alkyl halides is 1. The third kappa shape index (κ3) is 3.02. The fraction of sp³-hybridized carbons (Fsp3) is 0.467. The van der Waals surface area contributed by atoms with Crippen molar-refractivity contribution >= 4 is 28.8 Å². The summed E-state index contributed by atoms with van der Waals surface area (Å²) < 4.78 is 5.26. The largest absolute Gasteiger partial charge is 0.495 e. The van der Waals surface area contributed by atoms with Gasteiger partial charge in [0.2, 0.25) is 0 Å². The average molecular weight is 285 g/mol.